The maximum absolute atomic E-state index is 14.8. The number of fused-ring (bicyclic) bond motifs is 1. The molecule has 2 aromatic rings. The Hall–Kier alpha value is -2.94. The minimum atomic E-state index is -0.984. The fourth-order valence-corrected chi connectivity index (χ4v) is 2.87. The third-order valence-corrected chi connectivity index (χ3v) is 4.26. The lowest BCUT2D eigenvalue weighted by Crippen LogP contribution is -2.46. The van der Waals surface area contributed by atoms with Gasteiger partial charge in [0.15, 0.2) is 23.1 Å². The molecule has 2 N–H and O–H groups in total. The van der Waals surface area contributed by atoms with Gasteiger partial charge in [0.1, 0.15) is 5.69 Å². The van der Waals surface area contributed by atoms with E-state index in [4.69, 9.17) is 15.2 Å². The van der Waals surface area contributed by atoms with Crippen LogP contribution in [0.3, 0.4) is 0 Å². The van der Waals surface area contributed by atoms with Gasteiger partial charge in [-0.25, -0.2) is 13.6 Å². The molecule has 7 nitrogen and oxygen atoms in total. The molecule has 1 aliphatic rings. The van der Waals surface area contributed by atoms with Gasteiger partial charge < -0.3 is 15.2 Å². The van der Waals surface area contributed by atoms with Crippen LogP contribution in [0.4, 0.5) is 25.0 Å². The average Bonchev–Trinajstić information content (AvgIpc) is 2.65. The van der Waals surface area contributed by atoms with Gasteiger partial charge in [0.25, 0.3) is 0 Å². The van der Waals surface area contributed by atoms with E-state index >= 15 is 0 Å². The quantitative estimate of drug-likeness (QED) is 0.901. The zero-order valence-corrected chi connectivity index (χ0v) is 14.5. The van der Waals surface area contributed by atoms with Crippen LogP contribution < -0.4 is 25.0 Å². The van der Waals surface area contributed by atoms with Crippen LogP contribution in [0, 0.1) is 11.6 Å². The van der Waals surface area contributed by atoms with E-state index < -0.39 is 23.4 Å². The monoisotopic (exact) mass is 364 g/mol. The van der Waals surface area contributed by atoms with Gasteiger partial charge in [-0.15, -0.1) is 0 Å². The Morgan fingerprint density at radius 2 is 1.81 bits per heavy atom. The molecule has 1 aromatic heterocycles. The molecular formula is C17H18F2N4O3. The largest absolute Gasteiger partial charge is 0.493 e. The molecule has 0 spiro atoms. The number of methoxy groups -OCH3 is 2. The summed E-state index contributed by atoms with van der Waals surface area (Å²) in [5, 5.41) is 0. The highest BCUT2D eigenvalue weighted by Crippen LogP contribution is 2.40. The van der Waals surface area contributed by atoms with Gasteiger partial charge in [0.2, 0.25) is 0 Å². The number of halogens is 2. The molecule has 26 heavy (non-hydrogen) atoms. The first kappa shape index (κ1) is 17.9. The van der Waals surface area contributed by atoms with Crippen molar-refractivity contribution in [1.82, 2.24) is 4.98 Å². The second-order valence-electron chi connectivity index (χ2n) is 5.69. The Kier molecular flexibility index (Phi) is 4.64. The number of hydrogen-bond donors (Lipinski definition) is 1. The maximum atomic E-state index is 14.8. The molecule has 1 aromatic carbocycles. The molecule has 0 fully saturated rings. The van der Waals surface area contributed by atoms with Crippen molar-refractivity contribution in [2.24, 2.45) is 5.73 Å². The summed E-state index contributed by atoms with van der Waals surface area (Å²) in [6.07, 6.45) is 1.54. The van der Waals surface area contributed by atoms with Gasteiger partial charge in [0.05, 0.1) is 32.1 Å². The van der Waals surface area contributed by atoms with Crippen LogP contribution in [-0.4, -0.2) is 32.3 Å². The topological polar surface area (TPSA) is 80.9 Å². The number of amides is 2. The number of urea groups is 1. The van der Waals surface area contributed by atoms with Crippen LogP contribution in [0.1, 0.15) is 11.3 Å². The van der Waals surface area contributed by atoms with Crippen LogP contribution in [-0.2, 0) is 13.1 Å². The van der Waals surface area contributed by atoms with Crippen LogP contribution in [0.15, 0.2) is 18.3 Å². The predicted octanol–water partition coefficient (Wildman–Crippen LogP) is 2.41. The molecule has 0 saturated carbocycles. The Labute approximate surface area is 148 Å². The standard InChI is InChI=1S/C17H18F2N4O3/c1-22-11-4-10(6-20)21-7-9(11)8-23(17(22)24)16-14(18)12(25-2)5-13(26-3)15(16)19/h4-5,7H,6,8,20H2,1-3H3. The fourth-order valence-electron chi connectivity index (χ4n) is 2.87. The number of benzene rings is 1. The maximum Gasteiger partial charge on any atom is 0.329 e. The molecule has 9 heteroatoms. The molecule has 0 aliphatic carbocycles. The van der Waals surface area contributed by atoms with E-state index in [-0.39, 0.29) is 24.6 Å². The molecule has 0 saturated heterocycles. The molecule has 0 atom stereocenters. The first-order valence-electron chi connectivity index (χ1n) is 7.76. The van der Waals surface area contributed by atoms with E-state index in [0.717, 1.165) is 11.0 Å². The lowest BCUT2D eigenvalue weighted by molar-refractivity contribution is 0.250. The number of carbonyl (C=O) groups is 1. The number of hydrogen-bond acceptors (Lipinski definition) is 5. The smallest absolute Gasteiger partial charge is 0.329 e. The number of anilines is 2. The number of pyridine rings is 1. The van der Waals surface area contributed by atoms with E-state index in [9.17, 15) is 13.6 Å². The molecular weight excluding hydrogens is 346 g/mol. The van der Waals surface area contributed by atoms with Crippen molar-refractivity contribution in [3.63, 3.8) is 0 Å². The first-order chi connectivity index (χ1) is 12.4. The number of nitrogens with zero attached hydrogens (tertiary/aromatic N) is 3. The molecule has 2 heterocycles. The Morgan fingerprint density at radius 1 is 1.19 bits per heavy atom. The van der Waals surface area contributed by atoms with E-state index in [1.807, 2.05) is 0 Å². The summed E-state index contributed by atoms with van der Waals surface area (Å²) in [6, 6.07) is 2.18. The van der Waals surface area contributed by atoms with Crippen molar-refractivity contribution in [3.8, 4) is 11.5 Å². The summed E-state index contributed by atoms with van der Waals surface area (Å²) in [5.41, 5.74) is 6.88. The van der Waals surface area contributed by atoms with Gasteiger partial charge in [0, 0.05) is 31.4 Å². The van der Waals surface area contributed by atoms with Gasteiger partial charge >= 0.3 is 6.03 Å². The Morgan fingerprint density at radius 3 is 2.35 bits per heavy atom. The highest BCUT2D eigenvalue weighted by molar-refractivity contribution is 6.06. The number of nitrogens with two attached hydrogens (primary N) is 1. The lowest BCUT2D eigenvalue weighted by Gasteiger charge is -2.35. The van der Waals surface area contributed by atoms with Gasteiger partial charge in [-0.3, -0.25) is 14.8 Å². The first-order valence-corrected chi connectivity index (χ1v) is 7.76. The molecule has 3 rings (SSSR count). The van der Waals surface area contributed by atoms with E-state index in [2.05, 4.69) is 4.98 Å². The third kappa shape index (κ3) is 2.70. The fraction of sp³-hybridized carbons (Fsp3) is 0.294. The lowest BCUT2D eigenvalue weighted by atomic mass is 10.1. The van der Waals surface area contributed by atoms with Crippen LogP contribution in [0.25, 0.3) is 0 Å². The molecule has 2 amide bonds. The summed E-state index contributed by atoms with van der Waals surface area (Å²) >= 11 is 0. The summed E-state index contributed by atoms with van der Waals surface area (Å²) in [6.45, 7) is 0.163. The van der Waals surface area contributed by atoms with Crippen molar-refractivity contribution < 1.29 is 23.0 Å². The molecule has 0 bridgehead atoms. The SMILES string of the molecule is COc1cc(OC)c(F)c(N2Cc3cnc(CN)cc3N(C)C2=O)c1F. The van der Waals surface area contributed by atoms with Crippen molar-refractivity contribution in [1.29, 1.82) is 0 Å². The zero-order chi connectivity index (χ0) is 19.0. The average molecular weight is 364 g/mol. The van der Waals surface area contributed by atoms with Gasteiger partial charge in [-0.1, -0.05) is 0 Å². The highest BCUT2D eigenvalue weighted by Gasteiger charge is 2.35. The number of rotatable bonds is 4. The number of carbonyl (C=O) groups excluding carboxylic acids is 1. The molecule has 0 radical (unpaired) electrons. The molecule has 0 unspecified atom stereocenters. The van der Waals surface area contributed by atoms with Crippen molar-refractivity contribution in [2.45, 2.75) is 13.1 Å². The highest BCUT2D eigenvalue weighted by atomic mass is 19.1. The van der Waals surface area contributed by atoms with E-state index in [1.54, 1.807) is 12.3 Å². The summed E-state index contributed by atoms with van der Waals surface area (Å²) in [5.74, 6) is -2.42. The van der Waals surface area contributed by atoms with Gasteiger partial charge in [-0.05, 0) is 6.07 Å². The molecule has 138 valence electrons. The number of aromatic nitrogens is 1. The van der Waals surface area contributed by atoms with E-state index in [1.165, 1.54) is 26.2 Å². The summed E-state index contributed by atoms with van der Waals surface area (Å²) in [4.78, 5) is 19.2. The molecule has 1 aliphatic heterocycles. The van der Waals surface area contributed by atoms with E-state index in [0.29, 0.717) is 16.9 Å². The normalized spacial score (nSPS) is 13.7. The Bertz CT molecular complexity index is 847. The third-order valence-electron chi connectivity index (χ3n) is 4.26. The number of ether oxygens (including phenoxy) is 2. The van der Waals surface area contributed by atoms with Crippen LogP contribution in [0.2, 0.25) is 0 Å². The minimum absolute atomic E-state index is 0.0550. The predicted molar refractivity (Wildman–Crippen MR) is 91.6 cm³/mol. The van der Waals surface area contributed by atoms with Crippen LogP contribution >= 0.6 is 0 Å². The zero-order valence-electron chi connectivity index (χ0n) is 14.5. The summed E-state index contributed by atoms with van der Waals surface area (Å²) in [7, 11) is 4.01. The Balaban J connectivity index is 2.15. The van der Waals surface area contributed by atoms with Crippen LogP contribution in [0.5, 0.6) is 11.5 Å². The summed E-state index contributed by atoms with van der Waals surface area (Å²) < 4.78 is 39.4. The van der Waals surface area contributed by atoms with Gasteiger partial charge in [-0.2, -0.15) is 0 Å². The minimum Gasteiger partial charge on any atom is -0.493 e. The van der Waals surface area contributed by atoms with Crippen molar-refractivity contribution >= 4 is 17.4 Å². The second kappa shape index (κ2) is 6.75. The van der Waals surface area contributed by atoms with Crippen molar-refractivity contribution in [2.75, 3.05) is 31.1 Å². The van der Waals surface area contributed by atoms with Crippen molar-refractivity contribution in [3.05, 3.63) is 41.2 Å². The second-order valence-corrected chi connectivity index (χ2v) is 5.69.